The number of rotatable bonds is 12. The lowest BCUT2D eigenvalue weighted by molar-refractivity contribution is 0.527. The average molecular weight is 306 g/mol. The van der Waals surface area contributed by atoms with E-state index >= 15 is 0 Å². The molecule has 0 saturated carbocycles. The summed E-state index contributed by atoms with van der Waals surface area (Å²) in [4.78, 5) is 10.3. The van der Waals surface area contributed by atoms with Gasteiger partial charge in [0, 0.05) is 0 Å². The third-order valence-electron chi connectivity index (χ3n) is 3.58. The molecule has 1 nitrogen and oxygen atoms in total. The van der Waals surface area contributed by atoms with Crippen LogP contribution in [-0.2, 0) is 11.8 Å². The van der Waals surface area contributed by atoms with Crippen LogP contribution in [0.1, 0.15) is 79.1 Å². The van der Waals surface area contributed by atoms with Gasteiger partial charge in [-0.2, -0.15) is 0 Å². The lowest BCUT2D eigenvalue weighted by Gasteiger charge is -2.15. The summed E-state index contributed by atoms with van der Waals surface area (Å²) >= 11 is 5.41. The molecule has 0 unspecified atom stereocenters. The van der Waals surface area contributed by atoms with E-state index in [4.69, 9.17) is 11.8 Å². The van der Waals surface area contributed by atoms with Gasteiger partial charge in [-0.3, -0.25) is 0 Å². The fraction of sp³-hybridized carbons (Fsp3) is 1.00. The van der Waals surface area contributed by atoms with Crippen LogP contribution in [-0.4, -0.2) is 17.2 Å². The maximum Gasteiger partial charge on any atom is 0.0636 e. The van der Waals surface area contributed by atoms with E-state index in [0.717, 1.165) is 37.0 Å². The first-order valence-electron chi connectivity index (χ1n) is 8.14. The fourth-order valence-corrected chi connectivity index (χ4v) is 4.72. The summed E-state index contributed by atoms with van der Waals surface area (Å²) in [6.45, 7) is 9.09. The molecule has 3 heteroatoms. The van der Waals surface area contributed by atoms with Crippen LogP contribution in [0, 0.1) is 11.8 Å². The molecule has 0 amide bonds. The van der Waals surface area contributed by atoms with Crippen molar-refractivity contribution in [1.82, 2.24) is 0 Å². The second-order valence-electron chi connectivity index (χ2n) is 6.78. The zero-order valence-corrected chi connectivity index (χ0v) is 15.2. The van der Waals surface area contributed by atoms with Gasteiger partial charge in [-0.1, -0.05) is 78.0 Å². The predicted molar refractivity (Wildman–Crippen MR) is 92.8 cm³/mol. The van der Waals surface area contributed by atoms with Crippen LogP contribution in [0.15, 0.2) is 0 Å². The summed E-state index contributed by atoms with van der Waals surface area (Å²) in [5, 5.41) is 0. The largest absolute Gasteiger partial charge is 0.365 e. The first-order valence-corrected chi connectivity index (χ1v) is 11.3. The van der Waals surface area contributed by atoms with Crippen molar-refractivity contribution in [3.8, 4) is 0 Å². The summed E-state index contributed by atoms with van der Waals surface area (Å²) in [7, 11) is 0. The molecule has 0 fully saturated rings. The second kappa shape index (κ2) is 11.3. The minimum absolute atomic E-state index is 0.804. The van der Waals surface area contributed by atoms with Gasteiger partial charge in [0.1, 0.15) is 0 Å². The van der Waals surface area contributed by atoms with E-state index in [1.54, 1.807) is 0 Å². The van der Waals surface area contributed by atoms with Gasteiger partial charge >= 0.3 is 0 Å². The van der Waals surface area contributed by atoms with E-state index < -0.39 is 6.26 Å². The molecule has 0 bridgehead atoms. The molecule has 0 radical (unpaired) electrons. The van der Waals surface area contributed by atoms with Crippen LogP contribution in [0.5, 0.6) is 0 Å². The minimum Gasteiger partial charge on any atom is -0.365 e. The Morgan fingerprint density at radius 1 is 0.737 bits per heavy atom. The molecule has 0 aliphatic carbocycles. The Bertz CT molecular complexity index is 229. The Hall–Kier alpha value is 0.610. The second-order valence-corrected chi connectivity index (χ2v) is 11.4. The molecule has 0 saturated heterocycles. The Kier molecular flexibility index (Phi) is 11.7. The van der Waals surface area contributed by atoms with Crippen molar-refractivity contribution in [2.24, 2.45) is 11.8 Å². The Labute approximate surface area is 126 Å². The van der Waals surface area contributed by atoms with Gasteiger partial charge in [-0.25, -0.2) is 0 Å². The number of hydrogen-bond acceptors (Lipinski definition) is 1. The number of hydrogen-bond donors (Lipinski definition) is 1. The van der Waals surface area contributed by atoms with Crippen LogP contribution in [0.3, 0.4) is 0 Å². The highest BCUT2D eigenvalue weighted by atomic mass is 32.4. The molecule has 0 aliphatic rings. The highest BCUT2D eigenvalue weighted by Gasteiger charge is 2.11. The Morgan fingerprint density at radius 3 is 1.42 bits per heavy atom. The topological polar surface area (TPSA) is 20.2 Å². The maximum atomic E-state index is 10.3. The van der Waals surface area contributed by atoms with Gasteiger partial charge in [0.05, 0.1) is 6.26 Å². The molecule has 0 atom stereocenters. The predicted octanol–water partition coefficient (Wildman–Crippen LogP) is 5.81. The van der Waals surface area contributed by atoms with Gasteiger partial charge in [-0.15, -0.1) is 0 Å². The fourth-order valence-electron chi connectivity index (χ4n) is 2.29. The van der Waals surface area contributed by atoms with Gasteiger partial charge < -0.3 is 4.89 Å². The van der Waals surface area contributed by atoms with E-state index in [0.29, 0.717) is 0 Å². The zero-order valence-electron chi connectivity index (χ0n) is 13.5. The van der Waals surface area contributed by atoms with Crippen LogP contribution < -0.4 is 0 Å². The van der Waals surface area contributed by atoms with E-state index in [9.17, 15) is 4.89 Å². The molecule has 1 N–H and O–H groups in total. The minimum atomic E-state index is -1.99. The molecule has 116 valence electrons. The van der Waals surface area contributed by atoms with Crippen molar-refractivity contribution in [3.63, 3.8) is 0 Å². The molecular weight excluding hydrogens is 271 g/mol. The van der Waals surface area contributed by atoms with Crippen molar-refractivity contribution < 1.29 is 4.89 Å². The highest BCUT2D eigenvalue weighted by Crippen LogP contribution is 2.43. The van der Waals surface area contributed by atoms with Gasteiger partial charge in [0.25, 0.3) is 0 Å². The first-order chi connectivity index (χ1) is 8.83. The lowest BCUT2D eigenvalue weighted by atomic mass is 10.1. The summed E-state index contributed by atoms with van der Waals surface area (Å²) in [6.07, 6.45) is 9.78. The molecule has 0 aromatic heterocycles. The third kappa shape index (κ3) is 14.8. The molecule has 0 heterocycles. The standard InChI is InChI=1S/C16H35OPS/c1-15(2)11-7-5-9-13-18(17,19)14-10-6-8-12-16(3)4/h15-16H,5-14H2,1-4H3,(H,17,19). The first kappa shape index (κ1) is 19.6. The van der Waals surface area contributed by atoms with Crippen LogP contribution >= 0.6 is 6.26 Å². The maximum absolute atomic E-state index is 10.3. The molecular formula is C16H35OPS. The normalized spacial score (nSPS) is 12.6. The summed E-state index contributed by atoms with van der Waals surface area (Å²) < 4.78 is 0. The SMILES string of the molecule is CC(C)CCCCCP(O)(=S)CCCCCC(C)C. The lowest BCUT2D eigenvalue weighted by Crippen LogP contribution is -1.96. The van der Waals surface area contributed by atoms with Crippen molar-refractivity contribution >= 4 is 18.1 Å². The van der Waals surface area contributed by atoms with Crippen LogP contribution in [0.4, 0.5) is 0 Å². The van der Waals surface area contributed by atoms with Gasteiger partial charge in [0.15, 0.2) is 0 Å². The van der Waals surface area contributed by atoms with Crippen LogP contribution in [0.2, 0.25) is 0 Å². The summed E-state index contributed by atoms with van der Waals surface area (Å²) in [5.74, 6) is 1.61. The smallest absolute Gasteiger partial charge is 0.0636 e. The zero-order chi connectivity index (χ0) is 14.7. The van der Waals surface area contributed by atoms with E-state index in [-0.39, 0.29) is 0 Å². The monoisotopic (exact) mass is 306 g/mol. The van der Waals surface area contributed by atoms with Crippen molar-refractivity contribution in [3.05, 3.63) is 0 Å². The highest BCUT2D eigenvalue weighted by molar-refractivity contribution is 8.11. The van der Waals surface area contributed by atoms with Crippen molar-refractivity contribution in [2.75, 3.05) is 12.3 Å². The molecule has 0 aromatic rings. The van der Waals surface area contributed by atoms with Crippen molar-refractivity contribution in [2.45, 2.75) is 79.1 Å². The molecule has 0 spiro atoms. The Balaban J connectivity index is 3.50. The Morgan fingerprint density at radius 2 is 1.11 bits per heavy atom. The average Bonchev–Trinajstić information content (AvgIpc) is 2.27. The molecule has 0 rings (SSSR count). The van der Waals surface area contributed by atoms with E-state index in [1.807, 2.05) is 0 Å². The summed E-state index contributed by atoms with van der Waals surface area (Å²) in [6, 6.07) is 0. The molecule has 0 aliphatic heterocycles. The molecule has 19 heavy (non-hydrogen) atoms. The van der Waals surface area contributed by atoms with Gasteiger partial charge in [-0.05, 0) is 37.0 Å². The van der Waals surface area contributed by atoms with Crippen LogP contribution in [0.25, 0.3) is 0 Å². The quantitative estimate of drug-likeness (QED) is 0.363. The van der Waals surface area contributed by atoms with Crippen molar-refractivity contribution in [1.29, 1.82) is 0 Å². The molecule has 0 aromatic carbocycles. The van der Waals surface area contributed by atoms with E-state index in [2.05, 4.69) is 27.7 Å². The van der Waals surface area contributed by atoms with Gasteiger partial charge in [0.2, 0.25) is 0 Å². The third-order valence-corrected chi connectivity index (χ3v) is 6.70. The summed E-state index contributed by atoms with van der Waals surface area (Å²) in [5.41, 5.74) is 0. The number of unbranched alkanes of at least 4 members (excludes halogenated alkanes) is 4. The van der Waals surface area contributed by atoms with E-state index in [1.165, 1.54) is 38.5 Å².